The maximum Gasteiger partial charge on any atom is 0.187 e. The fraction of sp³-hybridized carbons (Fsp3) is 0.111. The van der Waals surface area contributed by atoms with E-state index in [1.165, 1.54) is 0 Å². The first-order valence-electron chi connectivity index (χ1n) is 7.54. The number of hydrazone groups is 1. The Kier molecular flexibility index (Phi) is 8.19. The Bertz CT molecular complexity index is 810. The fourth-order valence-corrected chi connectivity index (χ4v) is 2.67. The molecular formula is C18H16Cl3N3OS. The van der Waals surface area contributed by atoms with Crippen LogP contribution in [0.1, 0.15) is 11.1 Å². The molecule has 0 radical (unpaired) electrons. The van der Waals surface area contributed by atoms with Crippen LogP contribution in [0.25, 0.3) is 0 Å². The van der Waals surface area contributed by atoms with E-state index >= 15 is 0 Å². The second kappa shape index (κ2) is 10.4. The van der Waals surface area contributed by atoms with Gasteiger partial charge in [0.2, 0.25) is 0 Å². The lowest BCUT2D eigenvalue weighted by Crippen LogP contribution is -2.31. The zero-order chi connectivity index (χ0) is 18.9. The summed E-state index contributed by atoms with van der Waals surface area (Å²) in [7, 11) is 0. The van der Waals surface area contributed by atoms with Crippen molar-refractivity contribution >= 4 is 58.3 Å². The van der Waals surface area contributed by atoms with E-state index in [4.69, 9.17) is 51.8 Å². The monoisotopic (exact) mass is 427 g/mol. The molecule has 0 saturated heterocycles. The van der Waals surface area contributed by atoms with Crippen LogP contribution in [0.3, 0.4) is 0 Å². The Morgan fingerprint density at radius 2 is 1.81 bits per heavy atom. The third-order valence-electron chi connectivity index (χ3n) is 3.19. The van der Waals surface area contributed by atoms with Crippen LogP contribution in [0, 0.1) is 0 Å². The van der Waals surface area contributed by atoms with E-state index < -0.39 is 0 Å². The molecule has 0 spiro atoms. The van der Waals surface area contributed by atoms with Gasteiger partial charge in [0.15, 0.2) is 5.11 Å². The molecule has 136 valence electrons. The molecule has 0 atom stereocenters. The molecule has 0 bridgehead atoms. The summed E-state index contributed by atoms with van der Waals surface area (Å²) >= 11 is 23.3. The normalized spacial score (nSPS) is 10.6. The Morgan fingerprint density at radius 3 is 2.50 bits per heavy atom. The van der Waals surface area contributed by atoms with E-state index in [1.54, 1.807) is 24.4 Å². The van der Waals surface area contributed by atoms with Gasteiger partial charge >= 0.3 is 0 Å². The van der Waals surface area contributed by atoms with Crippen LogP contribution >= 0.6 is 47.0 Å². The van der Waals surface area contributed by atoms with Gasteiger partial charge < -0.3 is 10.1 Å². The lowest BCUT2D eigenvalue weighted by atomic mass is 10.2. The maximum atomic E-state index is 6.16. The fourth-order valence-electron chi connectivity index (χ4n) is 1.88. The maximum absolute atomic E-state index is 6.16. The third kappa shape index (κ3) is 6.18. The predicted molar refractivity (Wildman–Crippen MR) is 114 cm³/mol. The van der Waals surface area contributed by atoms with Gasteiger partial charge in [0, 0.05) is 17.1 Å². The molecule has 2 rings (SSSR count). The summed E-state index contributed by atoms with van der Waals surface area (Å²) in [5.41, 5.74) is 4.25. The summed E-state index contributed by atoms with van der Waals surface area (Å²) < 4.78 is 5.72. The average Bonchev–Trinajstić information content (AvgIpc) is 2.64. The number of ether oxygens (including phenoxy) is 1. The Labute approximate surface area is 172 Å². The number of rotatable bonds is 7. The molecule has 0 fully saturated rings. The van der Waals surface area contributed by atoms with Crippen molar-refractivity contribution in [3.8, 4) is 5.75 Å². The molecule has 0 amide bonds. The molecule has 0 aromatic heterocycles. The highest BCUT2D eigenvalue weighted by Crippen LogP contribution is 2.32. The number of thiocarbonyl (C=S) groups is 1. The molecule has 2 N–H and O–H groups in total. The molecule has 0 aliphatic heterocycles. The molecule has 0 heterocycles. The Morgan fingerprint density at radius 1 is 1.12 bits per heavy atom. The molecule has 8 heteroatoms. The van der Waals surface area contributed by atoms with Gasteiger partial charge in [-0.3, -0.25) is 5.43 Å². The summed E-state index contributed by atoms with van der Waals surface area (Å²) in [6, 6.07) is 10.7. The number of halogens is 3. The van der Waals surface area contributed by atoms with Gasteiger partial charge in [0.25, 0.3) is 0 Å². The molecule has 0 unspecified atom stereocenters. The van der Waals surface area contributed by atoms with Crippen LogP contribution in [-0.2, 0) is 6.61 Å². The summed E-state index contributed by atoms with van der Waals surface area (Å²) in [5, 5.41) is 8.73. The minimum atomic E-state index is 0.219. The second-order valence-electron chi connectivity index (χ2n) is 5.05. The Hall–Kier alpha value is -1.79. The average molecular weight is 429 g/mol. The van der Waals surface area contributed by atoms with Crippen LogP contribution in [0.15, 0.2) is 54.2 Å². The molecule has 26 heavy (non-hydrogen) atoms. The smallest absolute Gasteiger partial charge is 0.187 e. The van der Waals surface area contributed by atoms with Gasteiger partial charge in [-0.15, -0.1) is 6.58 Å². The Balaban J connectivity index is 1.91. The molecule has 2 aromatic carbocycles. The van der Waals surface area contributed by atoms with E-state index in [2.05, 4.69) is 22.4 Å². The quantitative estimate of drug-likeness (QED) is 0.209. The molecule has 0 aliphatic rings. The van der Waals surface area contributed by atoms with E-state index in [0.29, 0.717) is 38.0 Å². The van der Waals surface area contributed by atoms with Gasteiger partial charge in [-0.2, -0.15) is 5.10 Å². The highest BCUT2D eigenvalue weighted by atomic mass is 35.5. The van der Waals surface area contributed by atoms with E-state index in [1.807, 2.05) is 24.3 Å². The predicted octanol–water partition coefficient (Wildman–Crippen LogP) is 5.21. The first kappa shape index (κ1) is 20.5. The van der Waals surface area contributed by atoms with Crippen LogP contribution in [-0.4, -0.2) is 17.9 Å². The second-order valence-corrected chi connectivity index (χ2v) is 6.65. The first-order valence-corrected chi connectivity index (χ1v) is 9.08. The lowest BCUT2D eigenvalue weighted by Gasteiger charge is -2.10. The standard InChI is InChI=1S/C18H16Cl3N3OS/c1-2-9-22-18(26)24-23-10-12-3-5-13(6-4-12)25-11-14-15(19)7-8-16(20)17(14)21/h2-8,10H,1,9,11H2,(H2,22,24,26)/b23-10+. The van der Waals surface area contributed by atoms with Gasteiger partial charge in [-0.25, -0.2) is 0 Å². The zero-order valence-corrected chi connectivity index (χ0v) is 16.7. The minimum absolute atomic E-state index is 0.219. The van der Waals surface area contributed by atoms with E-state index in [0.717, 1.165) is 5.56 Å². The van der Waals surface area contributed by atoms with Crippen molar-refractivity contribution < 1.29 is 4.74 Å². The van der Waals surface area contributed by atoms with Crippen LogP contribution in [0.2, 0.25) is 15.1 Å². The SMILES string of the molecule is C=CCNC(=S)N/N=C/c1ccc(OCc2c(Cl)ccc(Cl)c2Cl)cc1. The van der Waals surface area contributed by atoms with E-state index in [9.17, 15) is 0 Å². The van der Waals surface area contributed by atoms with Crippen molar-refractivity contribution in [3.05, 3.63) is 75.2 Å². The first-order chi connectivity index (χ1) is 12.5. The highest BCUT2D eigenvalue weighted by Gasteiger charge is 2.10. The number of hydrogen-bond donors (Lipinski definition) is 2. The third-order valence-corrected chi connectivity index (χ3v) is 4.62. The summed E-state index contributed by atoms with van der Waals surface area (Å²) in [6.07, 6.45) is 3.36. The molecular weight excluding hydrogens is 413 g/mol. The summed E-state index contributed by atoms with van der Waals surface area (Å²) in [6.45, 7) is 4.39. The van der Waals surface area contributed by atoms with Gasteiger partial charge in [0.1, 0.15) is 12.4 Å². The summed E-state index contributed by atoms with van der Waals surface area (Å²) in [5.74, 6) is 0.672. The van der Waals surface area contributed by atoms with Crippen molar-refractivity contribution in [1.29, 1.82) is 0 Å². The van der Waals surface area contributed by atoms with Crippen molar-refractivity contribution in [2.45, 2.75) is 6.61 Å². The largest absolute Gasteiger partial charge is 0.489 e. The minimum Gasteiger partial charge on any atom is -0.489 e. The van der Waals surface area contributed by atoms with E-state index in [-0.39, 0.29) is 6.61 Å². The van der Waals surface area contributed by atoms with Crippen LogP contribution < -0.4 is 15.5 Å². The lowest BCUT2D eigenvalue weighted by molar-refractivity contribution is 0.306. The van der Waals surface area contributed by atoms with Crippen LogP contribution in [0.4, 0.5) is 0 Å². The molecule has 4 nitrogen and oxygen atoms in total. The topological polar surface area (TPSA) is 45.7 Å². The van der Waals surface area contributed by atoms with Crippen molar-refractivity contribution in [2.75, 3.05) is 6.54 Å². The van der Waals surface area contributed by atoms with Crippen LogP contribution in [0.5, 0.6) is 5.75 Å². The number of benzene rings is 2. The molecule has 0 saturated carbocycles. The molecule has 0 aliphatic carbocycles. The zero-order valence-electron chi connectivity index (χ0n) is 13.6. The number of nitrogens with one attached hydrogen (secondary N) is 2. The van der Waals surface area contributed by atoms with Gasteiger partial charge in [-0.1, -0.05) is 40.9 Å². The number of nitrogens with zero attached hydrogens (tertiary/aromatic N) is 1. The molecule has 2 aromatic rings. The van der Waals surface area contributed by atoms with Crippen molar-refractivity contribution in [2.24, 2.45) is 5.10 Å². The van der Waals surface area contributed by atoms with Crippen molar-refractivity contribution in [1.82, 2.24) is 10.7 Å². The highest BCUT2D eigenvalue weighted by molar-refractivity contribution is 7.80. The van der Waals surface area contributed by atoms with Gasteiger partial charge in [-0.05, 0) is 54.2 Å². The van der Waals surface area contributed by atoms with Crippen molar-refractivity contribution in [3.63, 3.8) is 0 Å². The van der Waals surface area contributed by atoms with Gasteiger partial charge in [0.05, 0.1) is 16.3 Å². The summed E-state index contributed by atoms with van der Waals surface area (Å²) in [4.78, 5) is 0. The number of hydrogen-bond acceptors (Lipinski definition) is 3.